The molecule has 4 heteroatoms. The van der Waals surface area contributed by atoms with Crippen LogP contribution in [0.2, 0.25) is 0 Å². The van der Waals surface area contributed by atoms with Crippen molar-refractivity contribution in [2.45, 2.75) is 39.7 Å². The van der Waals surface area contributed by atoms with Crippen LogP contribution < -0.4 is 10.6 Å². The van der Waals surface area contributed by atoms with Crippen LogP contribution in [0.3, 0.4) is 0 Å². The summed E-state index contributed by atoms with van der Waals surface area (Å²) < 4.78 is 5.08. The Morgan fingerprint density at radius 3 is 2.44 bits per heavy atom. The van der Waals surface area contributed by atoms with E-state index in [1.165, 1.54) is 0 Å². The van der Waals surface area contributed by atoms with E-state index in [1.54, 1.807) is 0 Å². The fraction of sp³-hybridized carbons (Fsp3) is 0.750. The summed E-state index contributed by atoms with van der Waals surface area (Å²) >= 11 is 0. The van der Waals surface area contributed by atoms with E-state index >= 15 is 0 Å². The van der Waals surface area contributed by atoms with E-state index in [0.717, 1.165) is 19.5 Å². The Hall–Kier alpha value is -1.03. The van der Waals surface area contributed by atoms with E-state index in [0.29, 0.717) is 6.54 Å². The van der Waals surface area contributed by atoms with Crippen molar-refractivity contribution >= 4 is 6.09 Å². The lowest BCUT2D eigenvalue weighted by Gasteiger charge is -2.19. The smallest absolute Gasteiger partial charge is 0.407 e. The first-order valence-electron chi connectivity index (χ1n) is 5.78. The summed E-state index contributed by atoms with van der Waals surface area (Å²) in [5.41, 5.74) is -0.434. The molecule has 2 N–H and O–H groups in total. The first-order chi connectivity index (χ1) is 7.45. The molecule has 0 saturated heterocycles. The van der Waals surface area contributed by atoms with Crippen LogP contribution in [0.1, 0.15) is 34.1 Å². The molecule has 0 saturated carbocycles. The predicted molar refractivity (Wildman–Crippen MR) is 66.5 cm³/mol. The lowest BCUT2D eigenvalue weighted by Crippen LogP contribution is -2.32. The second kappa shape index (κ2) is 8.16. The molecule has 16 heavy (non-hydrogen) atoms. The molecule has 0 aliphatic carbocycles. The van der Waals surface area contributed by atoms with Gasteiger partial charge in [-0.05, 0) is 33.7 Å². The topological polar surface area (TPSA) is 50.4 Å². The quantitative estimate of drug-likeness (QED) is 0.540. The molecule has 0 aliphatic heterocycles. The highest BCUT2D eigenvalue weighted by molar-refractivity contribution is 5.67. The summed E-state index contributed by atoms with van der Waals surface area (Å²) in [6.07, 6.45) is 4.66. The summed E-state index contributed by atoms with van der Waals surface area (Å²) in [7, 11) is 0. The van der Waals surface area contributed by atoms with E-state index in [9.17, 15) is 4.79 Å². The fourth-order valence-electron chi connectivity index (χ4n) is 0.985. The van der Waals surface area contributed by atoms with Gasteiger partial charge in [-0.1, -0.05) is 19.1 Å². The minimum atomic E-state index is -0.434. The zero-order valence-electron chi connectivity index (χ0n) is 10.8. The zero-order valence-corrected chi connectivity index (χ0v) is 10.8. The highest BCUT2D eigenvalue weighted by Gasteiger charge is 2.14. The SMILES string of the molecule is CCCNC/C=C/CNC(=O)OC(C)(C)C. The van der Waals surface area contributed by atoms with Gasteiger partial charge < -0.3 is 15.4 Å². The number of amides is 1. The molecule has 4 nitrogen and oxygen atoms in total. The Balaban J connectivity index is 3.47. The number of hydrogen-bond acceptors (Lipinski definition) is 3. The van der Waals surface area contributed by atoms with Crippen LogP contribution in [0.4, 0.5) is 4.79 Å². The largest absolute Gasteiger partial charge is 0.444 e. The molecule has 0 unspecified atom stereocenters. The van der Waals surface area contributed by atoms with Gasteiger partial charge in [-0.25, -0.2) is 4.79 Å². The van der Waals surface area contributed by atoms with Gasteiger partial charge in [0.05, 0.1) is 0 Å². The maximum absolute atomic E-state index is 11.2. The van der Waals surface area contributed by atoms with Crippen molar-refractivity contribution in [1.29, 1.82) is 0 Å². The normalized spacial score (nSPS) is 11.8. The Morgan fingerprint density at radius 1 is 1.25 bits per heavy atom. The van der Waals surface area contributed by atoms with Gasteiger partial charge in [-0.15, -0.1) is 0 Å². The van der Waals surface area contributed by atoms with Crippen molar-refractivity contribution in [3.63, 3.8) is 0 Å². The number of rotatable bonds is 6. The molecule has 0 heterocycles. The van der Waals surface area contributed by atoms with Gasteiger partial charge in [0.2, 0.25) is 0 Å². The van der Waals surface area contributed by atoms with Gasteiger partial charge in [-0.3, -0.25) is 0 Å². The molecule has 0 spiro atoms. The molecule has 0 bridgehead atoms. The summed E-state index contributed by atoms with van der Waals surface area (Å²) in [5, 5.41) is 5.89. The maximum Gasteiger partial charge on any atom is 0.407 e. The van der Waals surface area contributed by atoms with E-state index < -0.39 is 5.60 Å². The Morgan fingerprint density at radius 2 is 1.88 bits per heavy atom. The number of hydrogen-bond donors (Lipinski definition) is 2. The van der Waals surface area contributed by atoms with Gasteiger partial charge >= 0.3 is 6.09 Å². The van der Waals surface area contributed by atoms with E-state index in [-0.39, 0.29) is 6.09 Å². The molecule has 0 fully saturated rings. The molecule has 1 amide bonds. The molecule has 0 atom stereocenters. The summed E-state index contributed by atoms with van der Waals surface area (Å²) in [5.74, 6) is 0. The van der Waals surface area contributed by atoms with Crippen LogP contribution >= 0.6 is 0 Å². The standard InChI is InChI=1S/C12H24N2O2/c1-5-8-13-9-6-7-10-14-11(15)16-12(2,3)4/h6-7,13H,5,8-10H2,1-4H3,(H,14,15)/b7-6+. The van der Waals surface area contributed by atoms with Crippen molar-refractivity contribution in [2.75, 3.05) is 19.6 Å². The first kappa shape index (κ1) is 15.0. The number of alkyl carbamates (subject to hydrolysis) is 1. The van der Waals surface area contributed by atoms with Crippen molar-refractivity contribution in [1.82, 2.24) is 10.6 Å². The molecule has 0 aromatic carbocycles. The van der Waals surface area contributed by atoms with Crippen molar-refractivity contribution in [3.8, 4) is 0 Å². The average molecular weight is 228 g/mol. The van der Waals surface area contributed by atoms with Crippen molar-refractivity contribution in [2.24, 2.45) is 0 Å². The third kappa shape index (κ3) is 11.0. The third-order valence-electron chi connectivity index (χ3n) is 1.62. The second-order valence-corrected chi connectivity index (χ2v) is 4.56. The average Bonchev–Trinajstić information content (AvgIpc) is 2.13. The highest BCUT2D eigenvalue weighted by Crippen LogP contribution is 2.05. The van der Waals surface area contributed by atoms with Crippen LogP contribution in [-0.4, -0.2) is 31.3 Å². The summed E-state index contributed by atoms with van der Waals surface area (Å²) in [4.78, 5) is 11.2. The Labute approximate surface area is 98.4 Å². The van der Waals surface area contributed by atoms with Crippen LogP contribution in [0.15, 0.2) is 12.2 Å². The molecule has 0 aromatic rings. The molecular weight excluding hydrogens is 204 g/mol. The van der Waals surface area contributed by atoms with Crippen LogP contribution in [-0.2, 0) is 4.74 Å². The minimum Gasteiger partial charge on any atom is -0.444 e. The van der Waals surface area contributed by atoms with Crippen LogP contribution in [0.25, 0.3) is 0 Å². The monoisotopic (exact) mass is 228 g/mol. The number of ether oxygens (including phenoxy) is 1. The summed E-state index contributed by atoms with van der Waals surface area (Å²) in [6.45, 7) is 10.0. The highest BCUT2D eigenvalue weighted by atomic mass is 16.6. The van der Waals surface area contributed by atoms with E-state index in [4.69, 9.17) is 4.74 Å². The maximum atomic E-state index is 11.2. The molecule has 0 aliphatic rings. The van der Waals surface area contributed by atoms with E-state index in [2.05, 4.69) is 17.6 Å². The van der Waals surface area contributed by atoms with Crippen LogP contribution in [0, 0.1) is 0 Å². The van der Waals surface area contributed by atoms with Gasteiger partial charge in [0.25, 0.3) is 0 Å². The first-order valence-corrected chi connectivity index (χ1v) is 5.78. The minimum absolute atomic E-state index is 0.376. The Kier molecular flexibility index (Phi) is 7.64. The van der Waals surface area contributed by atoms with E-state index in [1.807, 2.05) is 32.9 Å². The fourth-order valence-corrected chi connectivity index (χ4v) is 0.985. The lowest BCUT2D eigenvalue weighted by atomic mass is 10.2. The van der Waals surface area contributed by atoms with Crippen molar-refractivity contribution < 1.29 is 9.53 Å². The number of nitrogens with one attached hydrogen (secondary N) is 2. The van der Waals surface area contributed by atoms with Gasteiger partial charge in [0.15, 0.2) is 0 Å². The summed E-state index contributed by atoms with van der Waals surface area (Å²) in [6, 6.07) is 0. The molecule has 0 aromatic heterocycles. The molecule has 0 radical (unpaired) electrons. The number of carbonyl (C=O) groups excluding carboxylic acids is 1. The molecule has 94 valence electrons. The Bertz CT molecular complexity index is 220. The van der Waals surface area contributed by atoms with Gasteiger partial charge in [0, 0.05) is 13.1 Å². The zero-order chi connectivity index (χ0) is 12.4. The third-order valence-corrected chi connectivity index (χ3v) is 1.62. The number of carbonyl (C=O) groups is 1. The lowest BCUT2D eigenvalue weighted by molar-refractivity contribution is 0.0534. The predicted octanol–water partition coefficient (Wildman–Crippen LogP) is 2.07. The molecular formula is C12H24N2O2. The van der Waals surface area contributed by atoms with Crippen molar-refractivity contribution in [3.05, 3.63) is 12.2 Å². The second-order valence-electron chi connectivity index (χ2n) is 4.56. The molecule has 0 rings (SSSR count). The van der Waals surface area contributed by atoms with Gasteiger partial charge in [-0.2, -0.15) is 0 Å². The van der Waals surface area contributed by atoms with Crippen LogP contribution in [0.5, 0.6) is 0 Å². The van der Waals surface area contributed by atoms with Gasteiger partial charge in [0.1, 0.15) is 5.60 Å².